The van der Waals surface area contributed by atoms with Crippen molar-refractivity contribution in [2.75, 3.05) is 13.2 Å². The maximum Gasteiger partial charge on any atom is 0.130 e. The fraction of sp³-hybridized carbons (Fsp3) is 0.571. The molecule has 1 aliphatic heterocycles. The monoisotopic (exact) mass is 271 g/mol. The highest BCUT2D eigenvalue weighted by atomic mass is 19.1. The zero-order valence-corrected chi connectivity index (χ0v) is 11.1. The molecule has 1 heterocycles. The van der Waals surface area contributed by atoms with E-state index in [2.05, 4.69) is 5.32 Å². The first kappa shape index (κ1) is 14.4. The highest BCUT2D eigenvalue weighted by Gasteiger charge is 2.39. The quantitative estimate of drug-likeness (QED) is 0.881. The Balaban J connectivity index is 2.04. The van der Waals surface area contributed by atoms with Gasteiger partial charge in [-0.3, -0.25) is 0 Å². The van der Waals surface area contributed by atoms with Crippen molar-refractivity contribution in [2.24, 2.45) is 0 Å². The molecule has 0 spiro atoms. The van der Waals surface area contributed by atoms with Gasteiger partial charge < -0.3 is 15.2 Å². The lowest BCUT2D eigenvalue weighted by atomic mass is 9.96. The van der Waals surface area contributed by atoms with Gasteiger partial charge in [0.2, 0.25) is 0 Å². The van der Waals surface area contributed by atoms with Gasteiger partial charge in [-0.25, -0.2) is 8.78 Å². The van der Waals surface area contributed by atoms with E-state index in [0.29, 0.717) is 13.0 Å². The van der Waals surface area contributed by atoms with Gasteiger partial charge >= 0.3 is 0 Å². The number of benzene rings is 1. The lowest BCUT2D eigenvalue weighted by molar-refractivity contribution is -0.0275. The van der Waals surface area contributed by atoms with Gasteiger partial charge in [-0.1, -0.05) is 6.07 Å². The summed E-state index contributed by atoms with van der Waals surface area (Å²) in [5.74, 6) is -1.16. The maximum absolute atomic E-state index is 13.6. The van der Waals surface area contributed by atoms with Crippen LogP contribution < -0.4 is 5.32 Å². The summed E-state index contributed by atoms with van der Waals surface area (Å²) in [6, 6.07) is 3.28. The van der Waals surface area contributed by atoms with Crippen LogP contribution in [-0.2, 0) is 4.74 Å². The van der Waals surface area contributed by atoms with Crippen molar-refractivity contribution in [1.29, 1.82) is 0 Å². The number of hydrogen-bond acceptors (Lipinski definition) is 3. The Labute approximate surface area is 111 Å². The van der Waals surface area contributed by atoms with Gasteiger partial charge in [-0.15, -0.1) is 0 Å². The molecule has 0 aliphatic carbocycles. The summed E-state index contributed by atoms with van der Waals surface area (Å²) in [5, 5.41) is 13.3. The van der Waals surface area contributed by atoms with E-state index < -0.39 is 23.3 Å². The van der Waals surface area contributed by atoms with Crippen molar-refractivity contribution in [2.45, 2.75) is 38.0 Å². The smallest absolute Gasteiger partial charge is 0.130 e. The summed E-state index contributed by atoms with van der Waals surface area (Å²) >= 11 is 0. The lowest BCUT2D eigenvalue weighted by Crippen LogP contribution is -2.46. The summed E-state index contributed by atoms with van der Waals surface area (Å²) < 4.78 is 32.5. The van der Waals surface area contributed by atoms with Crippen LogP contribution in [0.4, 0.5) is 8.78 Å². The van der Waals surface area contributed by atoms with Crippen molar-refractivity contribution in [3.8, 4) is 0 Å². The van der Waals surface area contributed by atoms with Gasteiger partial charge in [0.15, 0.2) is 0 Å². The molecule has 3 atom stereocenters. The topological polar surface area (TPSA) is 41.5 Å². The van der Waals surface area contributed by atoms with Gasteiger partial charge in [0.05, 0.1) is 6.10 Å². The minimum atomic E-state index is -0.976. The molecule has 1 aromatic rings. The highest BCUT2D eigenvalue weighted by molar-refractivity contribution is 5.22. The van der Waals surface area contributed by atoms with E-state index in [0.717, 1.165) is 0 Å². The van der Waals surface area contributed by atoms with Crippen molar-refractivity contribution < 1.29 is 18.6 Å². The second-order valence-corrected chi connectivity index (χ2v) is 5.10. The number of hydrogen-bond donors (Lipinski definition) is 2. The van der Waals surface area contributed by atoms with Crippen molar-refractivity contribution in [3.05, 3.63) is 35.4 Å². The first-order chi connectivity index (χ1) is 8.94. The number of ether oxygens (including phenoxy) is 1. The molecule has 1 aliphatic rings. The predicted octanol–water partition coefficient (Wildman–Crippen LogP) is 2.16. The van der Waals surface area contributed by atoms with Crippen LogP contribution in [0, 0.1) is 11.6 Å². The van der Waals surface area contributed by atoms with E-state index in [4.69, 9.17) is 4.74 Å². The van der Waals surface area contributed by atoms with Crippen molar-refractivity contribution in [1.82, 2.24) is 5.32 Å². The predicted molar refractivity (Wildman–Crippen MR) is 67.8 cm³/mol. The molecule has 5 heteroatoms. The summed E-state index contributed by atoms with van der Waals surface area (Å²) in [6.45, 7) is 4.21. The first-order valence-corrected chi connectivity index (χ1v) is 6.45. The number of nitrogens with one attached hydrogen (secondary N) is 1. The molecule has 0 amide bonds. The average Bonchev–Trinajstić information content (AvgIpc) is 2.67. The van der Waals surface area contributed by atoms with E-state index in [1.165, 1.54) is 18.2 Å². The molecule has 0 aromatic heterocycles. The average molecular weight is 271 g/mol. The number of rotatable bonds is 4. The van der Waals surface area contributed by atoms with Crippen molar-refractivity contribution >= 4 is 0 Å². The van der Waals surface area contributed by atoms with Gasteiger partial charge in [0.25, 0.3) is 0 Å². The SMILES string of the molecule is CC(NCC1(O)CCOC1C)c1c(F)cccc1F. The molecule has 0 radical (unpaired) electrons. The number of aliphatic hydroxyl groups is 1. The van der Waals surface area contributed by atoms with E-state index >= 15 is 0 Å². The molecule has 0 saturated carbocycles. The van der Waals surface area contributed by atoms with E-state index in [9.17, 15) is 13.9 Å². The zero-order valence-electron chi connectivity index (χ0n) is 11.1. The third-order valence-corrected chi connectivity index (χ3v) is 3.81. The molecule has 3 nitrogen and oxygen atoms in total. The molecule has 19 heavy (non-hydrogen) atoms. The second kappa shape index (κ2) is 5.53. The maximum atomic E-state index is 13.6. The Morgan fingerprint density at radius 2 is 2.11 bits per heavy atom. The molecule has 2 N–H and O–H groups in total. The fourth-order valence-corrected chi connectivity index (χ4v) is 2.36. The Morgan fingerprint density at radius 3 is 2.63 bits per heavy atom. The van der Waals surface area contributed by atoms with Crippen LogP contribution in [0.1, 0.15) is 31.9 Å². The molecule has 3 unspecified atom stereocenters. The van der Waals surface area contributed by atoms with E-state index in [1.54, 1.807) is 13.8 Å². The third-order valence-electron chi connectivity index (χ3n) is 3.81. The third kappa shape index (κ3) is 2.94. The second-order valence-electron chi connectivity index (χ2n) is 5.10. The van der Waals surface area contributed by atoms with Crippen LogP contribution in [0.5, 0.6) is 0 Å². The van der Waals surface area contributed by atoms with Crippen LogP contribution in [0.2, 0.25) is 0 Å². The van der Waals surface area contributed by atoms with Crippen LogP contribution in [0.25, 0.3) is 0 Å². The highest BCUT2D eigenvalue weighted by Crippen LogP contribution is 2.26. The molecule has 2 rings (SSSR count). The summed E-state index contributed by atoms with van der Waals surface area (Å²) in [4.78, 5) is 0. The summed E-state index contributed by atoms with van der Waals surface area (Å²) in [7, 11) is 0. The van der Waals surface area contributed by atoms with Gasteiger partial charge in [-0.2, -0.15) is 0 Å². The molecule has 1 fully saturated rings. The first-order valence-electron chi connectivity index (χ1n) is 6.45. The molecule has 0 bridgehead atoms. The van der Waals surface area contributed by atoms with Crippen molar-refractivity contribution in [3.63, 3.8) is 0 Å². The normalized spacial score (nSPS) is 28.6. The lowest BCUT2D eigenvalue weighted by Gasteiger charge is -2.28. The minimum Gasteiger partial charge on any atom is -0.386 e. The van der Waals surface area contributed by atoms with Gasteiger partial charge in [-0.05, 0) is 26.0 Å². The Morgan fingerprint density at radius 1 is 1.47 bits per heavy atom. The number of halogens is 2. The zero-order chi connectivity index (χ0) is 14.0. The van der Waals surface area contributed by atoms with Crippen LogP contribution in [0.15, 0.2) is 18.2 Å². The summed E-state index contributed by atoms with van der Waals surface area (Å²) in [5.41, 5.74) is -0.978. The minimum absolute atomic E-state index is 0.00216. The largest absolute Gasteiger partial charge is 0.386 e. The summed E-state index contributed by atoms with van der Waals surface area (Å²) in [6.07, 6.45) is 0.242. The van der Waals surface area contributed by atoms with Gasteiger partial charge in [0, 0.05) is 31.2 Å². The molecular formula is C14H19F2NO2. The van der Waals surface area contributed by atoms with Crippen LogP contribution >= 0.6 is 0 Å². The molecule has 1 aromatic carbocycles. The van der Waals surface area contributed by atoms with Crippen LogP contribution in [-0.4, -0.2) is 30.0 Å². The molecular weight excluding hydrogens is 252 g/mol. The molecule has 1 saturated heterocycles. The molecule has 106 valence electrons. The standard InChI is InChI=1S/C14H19F2NO2/c1-9(13-11(15)4-3-5-12(13)16)17-8-14(18)6-7-19-10(14)2/h3-5,9-10,17-18H,6-8H2,1-2H3. The Bertz CT molecular complexity index is 435. The van der Waals surface area contributed by atoms with Crippen LogP contribution in [0.3, 0.4) is 0 Å². The van der Waals surface area contributed by atoms with E-state index in [1.807, 2.05) is 0 Å². The fourth-order valence-electron chi connectivity index (χ4n) is 2.36. The van der Waals surface area contributed by atoms with Gasteiger partial charge in [0.1, 0.15) is 17.2 Å². The Kier molecular flexibility index (Phi) is 4.18. The Hall–Kier alpha value is -1.04. The van der Waals surface area contributed by atoms with E-state index in [-0.39, 0.29) is 18.2 Å².